The highest BCUT2D eigenvalue weighted by atomic mass is 16.6. The second kappa shape index (κ2) is 18.3. The van der Waals surface area contributed by atoms with Gasteiger partial charge in [0, 0.05) is 30.7 Å². The van der Waals surface area contributed by atoms with Gasteiger partial charge in [-0.05, 0) is 48.2 Å². The molecule has 2 N–H and O–H groups in total. The van der Waals surface area contributed by atoms with E-state index in [0.29, 0.717) is 40.8 Å². The monoisotopic (exact) mass is 741 g/mol. The van der Waals surface area contributed by atoms with Gasteiger partial charge in [0.05, 0.1) is 57.8 Å². The average Bonchev–Trinajstić information content (AvgIpc) is 3.19. The molecule has 4 unspecified atom stereocenters. The lowest BCUT2D eigenvalue weighted by Gasteiger charge is -2.60. The zero-order chi connectivity index (χ0) is 38.7. The third-order valence-electron chi connectivity index (χ3n) is 9.55. The summed E-state index contributed by atoms with van der Waals surface area (Å²) < 4.78 is 35.9. The summed E-state index contributed by atoms with van der Waals surface area (Å²) in [4.78, 5) is 51.4. The summed E-state index contributed by atoms with van der Waals surface area (Å²) >= 11 is 0. The van der Waals surface area contributed by atoms with Gasteiger partial charge >= 0.3 is 17.9 Å². The number of para-hydroxylation sites is 1. The topological polar surface area (TPSA) is 156 Å². The number of esters is 2. The number of carboxylic acid groups (broad SMARTS) is 1. The normalized spacial score (nSPS) is 21.8. The van der Waals surface area contributed by atoms with Gasteiger partial charge in [-0.1, -0.05) is 79.9 Å². The SMILES string of the molecule is C=CC(=O)OCCCOC(C)COC12c3ccccc3C(OCC(C)OCCCOC(=O)C=C)(c3ccccc31)C(C(=O)Nc1ccccc1)C2C(=O)O. The molecule has 0 saturated carbocycles. The fourth-order valence-electron chi connectivity index (χ4n) is 7.32. The van der Waals surface area contributed by atoms with E-state index in [1.54, 1.807) is 24.3 Å². The molecular formula is C42H47NO11. The van der Waals surface area contributed by atoms with E-state index in [4.69, 9.17) is 28.4 Å². The van der Waals surface area contributed by atoms with E-state index >= 15 is 0 Å². The van der Waals surface area contributed by atoms with Crippen molar-refractivity contribution in [1.82, 2.24) is 0 Å². The Morgan fingerprint density at radius 1 is 0.667 bits per heavy atom. The Hall–Kier alpha value is -5.14. The molecule has 6 rings (SSSR count). The molecule has 0 aliphatic heterocycles. The number of nitrogens with one attached hydrogen (secondary N) is 1. The van der Waals surface area contributed by atoms with E-state index in [-0.39, 0.29) is 39.6 Å². The number of rotatable bonds is 21. The van der Waals surface area contributed by atoms with Crippen molar-refractivity contribution < 1.29 is 52.7 Å². The molecule has 12 heteroatoms. The Morgan fingerprint density at radius 2 is 1.07 bits per heavy atom. The average molecular weight is 742 g/mol. The van der Waals surface area contributed by atoms with Crippen LogP contribution in [0.25, 0.3) is 0 Å². The van der Waals surface area contributed by atoms with Crippen LogP contribution in [0.15, 0.2) is 104 Å². The quantitative estimate of drug-likeness (QED) is 0.0804. The van der Waals surface area contributed by atoms with E-state index in [1.165, 1.54) is 0 Å². The van der Waals surface area contributed by atoms with Crippen molar-refractivity contribution >= 4 is 29.5 Å². The summed E-state index contributed by atoms with van der Waals surface area (Å²) in [6.45, 7) is 11.2. The number of carbonyl (C=O) groups is 4. The molecule has 3 aromatic carbocycles. The van der Waals surface area contributed by atoms with E-state index in [1.807, 2.05) is 68.4 Å². The first kappa shape index (κ1) is 40.1. The van der Waals surface area contributed by atoms with Gasteiger partial charge in [-0.15, -0.1) is 0 Å². The van der Waals surface area contributed by atoms with Crippen LogP contribution in [0.2, 0.25) is 0 Å². The van der Waals surface area contributed by atoms with Crippen molar-refractivity contribution in [2.24, 2.45) is 11.8 Å². The van der Waals surface area contributed by atoms with Gasteiger partial charge in [-0.25, -0.2) is 9.59 Å². The van der Waals surface area contributed by atoms with Crippen LogP contribution in [0.3, 0.4) is 0 Å². The molecule has 0 aromatic heterocycles. The number of fused-ring (bicyclic) bond motifs is 1. The number of carbonyl (C=O) groups excluding carboxylic acids is 3. The highest BCUT2D eigenvalue weighted by Crippen LogP contribution is 2.65. The fourth-order valence-corrected chi connectivity index (χ4v) is 7.32. The number of benzene rings is 3. The van der Waals surface area contributed by atoms with E-state index in [0.717, 1.165) is 12.2 Å². The Morgan fingerprint density at radius 3 is 1.48 bits per heavy atom. The van der Waals surface area contributed by atoms with Crippen LogP contribution in [0.5, 0.6) is 0 Å². The van der Waals surface area contributed by atoms with Crippen molar-refractivity contribution in [3.8, 4) is 0 Å². The van der Waals surface area contributed by atoms with Gasteiger partial charge in [-0.3, -0.25) is 9.59 Å². The molecule has 54 heavy (non-hydrogen) atoms. The molecule has 0 radical (unpaired) electrons. The van der Waals surface area contributed by atoms with Crippen LogP contribution < -0.4 is 5.32 Å². The first-order chi connectivity index (χ1) is 26.1. The van der Waals surface area contributed by atoms with Crippen LogP contribution in [0.1, 0.15) is 48.9 Å². The second-order valence-electron chi connectivity index (χ2n) is 13.1. The summed E-state index contributed by atoms with van der Waals surface area (Å²) in [7, 11) is 0. The fraction of sp³-hybridized carbons (Fsp3) is 0.381. The van der Waals surface area contributed by atoms with E-state index in [2.05, 4.69) is 18.5 Å². The molecule has 3 aromatic rings. The highest BCUT2D eigenvalue weighted by molar-refractivity contribution is 5.99. The predicted molar refractivity (Wildman–Crippen MR) is 198 cm³/mol. The van der Waals surface area contributed by atoms with Crippen molar-refractivity contribution in [1.29, 1.82) is 0 Å². The number of carboxylic acids is 1. The first-order valence-electron chi connectivity index (χ1n) is 18.0. The number of hydrogen-bond acceptors (Lipinski definition) is 10. The Balaban J connectivity index is 1.52. The molecule has 4 atom stereocenters. The van der Waals surface area contributed by atoms with Crippen LogP contribution in [-0.2, 0) is 58.8 Å². The van der Waals surface area contributed by atoms with Crippen LogP contribution in [0, 0.1) is 11.8 Å². The standard InChI is InChI=1S/C42H47NO11/c1-5-35(44)51-24-14-22-49-28(3)26-53-41-31-18-10-12-20-33(31)42(34-21-13-11-19-32(34)41,54-27-29(4)50-23-15-25-52-36(45)6-2)38(40(47)48)37(41)39(46)43-30-16-8-7-9-17-30/h5-13,16-21,28-29,37-38H,1-2,14-15,22-27H2,3-4H3,(H,43,46)(H,47,48). The molecule has 3 aliphatic carbocycles. The lowest BCUT2D eigenvalue weighted by molar-refractivity contribution is -0.205. The lowest BCUT2D eigenvalue weighted by Crippen LogP contribution is -2.67. The summed E-state index contributed by atoms with van der Waals surface area (Å²) in [6, 6.07) is 23.5. The molecule has 3 aliphatic rings. The molecule has 0 fully saturated rings. The number of aliphatic carboxylic acids is 1. The third-order valence-corrected chi connectivity index (χ3v) is 9.55. The number of anilines is 1. The van der Waals surface area contributed by atoms with E-state index in [9.17, 15) is 24.3 Å². The maximum absolute atomic E-state index is 14.8. The second-order valence-corrected chi connectivity index (χ2v) is 13.1. The number of ether oxygens (including phenoxy) is 6. The van der Waals surface area contributed by atoms with Crippen LogP contribution in [0.4, 0.5) is 5.69 Å². The zero-order valence-electron chi connectivity index (χ0n) is 30.6. The van der Waals surface area contributed by atoms with Gasteiger partial charge in [-0.2, -0.15) is 0 Å². The van der Waals surface area contributed by atoms with E-state index < -0.39 is 59.1 Å². The molecule has 1 amide bonds. The molecule has 0 saturated heterocycles. The maximum atomic E-state index is 14.8. The largest absolute Gasteiger partial charge is 0.481 e. The smallest absolute Gasteiger partial charge is 0.330 e. The van der Waals surface area contributed by atoms with Gasteiger partial charge < -0.3 is 38.8 Å². The van der Waals surface area contributed by atoms with Crippen LogP contribution >= 0.6 is 0 Å². The van der Waals surface area contributed by atoms with Gasteiger partial charge in [0.25, 0.3) is 0 Å². The minimum absolute atomic E-state index is 0.00257. The molecular weight excluding hydrogens is 694 g/mol. The maximum Gasteiger partial charge on any atom is 0.330 e. The molecule has 12 nitrogen and oxygen atoms in total. The zero-order valence-corrected chi connectivity index (χ0v) is 30.6. The summed E-state index contributed by atoms with van der Waals surface area (Å²) in [6.07, 6.45) is 2.08. The highest BCUT2D eigenvalue weighted by Gasteiger charge is 2.71. The van der Waals surface area contributed by atoms with Gasteiger partial charge in [0.15, 0.2) is 0 Å². The molecule has 2 bridgehead atoms. The summed E-state index contributed by atoms with van der Waals surface area (Å²) in [5.41, 5.74) is -0.338. The minimum Gasteiger partial charge on any atom is -0.481 e. The molecule has 0 heterocycles. The van der Waals surface area contributed by atoms with Crippen LogP contribution in [-0.4, -0.2) is 80.8 Å². The van der Waals surface area contributed by atoms with Gasteiger partial charge in [0.1, 0.15) is 17.1 Å². The molecule has 286 valence electrons. The Bertz CT molecular complexity index is 1760. The first-order valence-corrected chi connectivity index (χ1v) is 18.0. The Labute approximate surface area is 315 Å². The molecule has 0 spiro atoms. The van der Waals surface area contributed by atoms with Crippen molar-refractivity contribution in [2.45, 2.75) is 50.1 Å². The predicted octanol–water partition coefficient (Wildman–Crippen LogP) is 5.54. The lowest BCUT2D eigenvalue weighted by atomic mass is 9.49. The minimum atomic E-state index is -1.62. The number of hydrogen-bond donors (Lipinski definition) is 2. The Kier molecular flexibility index (Phi) is 13.5. The summed E-state index contributed by atoms with van der Waals surface area (Å²) in [5, 5.41) is 14.2. The van der Waals surface area contributed by atoms with Crippen molar-refractivity contribution in [3.63, 3.8) is 0 Å². The van der Waals surface area contributed by atoms with Crippen molar-refractivity contribution in [2.75, 3.05) is 45.0 Å². The summed E-state index contributed by atoms with van der Waals surface area (Å²) in [5.74, 6) is -5.60. The third kappa shape index (κ3) is 8.32. The number of amides is 1. The van der Waals surface area contributed by atoms with Crippen molar-refractivity contribution in [3.05, 3.63) is 126 Å². The van der Waals surface area contributed by atoms with Gasteiger partial charge in [0.2, 0.25) is 5.91 Å².